The second-order valence-corrected chi connectivity index (χ2v) is 4.91. The van der Waals surface area contributed by atoms with E-state index in [1.54, 1.807) is 0 Å². The highest BCUT2D eigenvalue weighted by atomic mass is 79.9. The van der Waals surface area contributed by atoms with Crippen molar-refractivity contribution in [3.63, 3.8) is 0 Å². The molecule has 1 rings (SSSR count). The molecule has 1 aromatic carbocycles. The normalized spacial score (nSPS) is 13.6. The zero-order chi connectivity index (χ0) is 12.5. The van der Waals surface area contributed by atoms with Gasteiger partial charge in [-0.25, -0.2) is 0 Å². The third-order valence-corrected chi connectivity index (χ3v) is 3.31. The summed E-state index contributed by atoms with van der Waals surface area (Å²) in [5.41, 5.74) is -5.49. The van der Waals surface area contributed by atoms with E-state index in [1.165, 1.54) is 0 Å². The molecular weight excluding hydrogens is 315 g/mol. The van der Waals surface area contributed by atoms with Crippen LogP contribution in [0.25, 0.3) is 0 Å². The molecule has 0 aliphatic carbocycles. The first-order valence-corrected chi connectivity index (χ1v) is 5.60. The Morgan fingerprint density at radius 2 is 1.94 bits per heavy atom. The molecule has 0 fully saturated rings. The van der Waals surface area contributed by atoms with Gasteiger partial charge in [-0.3, -0.25) is 10.1 Å². The van der Waals surface area contributed by atoms with Crippen LogP contribution in [0.5, 0.6) is 0 Å². The molecule has 4 nitrogen and oxygen atoms in total. The van der Waals surface area contributed by atoms with Crippen molar-refractivity contribution >= 4 is 32.8 Å². The Morgan fingerprint density at radius 1 is 1.38 bits per heavy atom. The molecule has 0 bridgehead atoms. The monoisotopic (exact) mass is 317 g/mol. The van der Waals surface area contributed by atoms with Gasteiger partial charge in [-0.15, -0.1) is 13.2 Å². The van der Waals surface area contributed by atoms with Crippen molar-refractivity contribution in [2.45, 2.75) is 10.4 Å². The average molecular weight is 318 g/mol. The minimum atomic E-state index is -4.93. The second kappa shape index (κ2) is 4.60. The Bertz CT molecular complexity index is 426. The lowest BCUT2D eigenvalue weighted by Gasteiger charge is -2.11. The van der Waals surface area contributed by atoms with E-state index in [-0.39, 0.29) is 4.47 Å². The molecule has 0 radical (unpaired) electrons. The third-order valence-electron chi connectivity index (χ3n) is 1.54. The van der Waals surface area contributed by atoms with Crippen molar-refractivity contribution in [1.82, 2.24) is 0 Å². The van der Waals surface area contributed by atoms with E-state index >= 15 is 0 Å². The zero-order valence-electron chi connectivity index (χ0n) is 7.32. The van der Waals surface area contributed by atoms with Crippen LogP contribution in [0.2, 0.25) is 0 Å². The van der Waals surface area contributed by atoms with Crippen LogP contribution in [-0.2, 0) is 11.2 Å². The van der Waals surface area contributed by atoms with Crippen molar-refractivity contribution in [1.29, 1.82) is 0 Å². The largest absolute Gasteiger partial charge is 0.604 e. The van der Waals surface area contributed by atoms with Gasteiger partial charge in [0, 0.05) is 0 Å². The van der Waals surface area contributed by atoms with Gasteiger partial charge in [-0.2, -0.15) is 0 Å². The van der Waals surface area contributed by atoms with Crippen molar-refractivity contribution in [2.75, 3.05) is 0 Å². The van der Waals surface area contributed by atoms with Gasteiger partial charge in [0.25, 0.3) is 5.69 Å². The van der Waals surface area contributed by atoms with E-state index in [2.05, 4.69) is 15.9 Å². The summed E-state index contributed by atoms with van der Waals surface area (Å²) in [6.45, 7) is 0. The fourth-order valence-electron chi connectivity index (χ4n) is 0.881. The van der Waals surface area contributed by atoms with Crippen LogP contribution in [0.15, 0.2) is 27.6 Å². The summed E-state index contributed by atoms with van der Waals surface area (Å²) >= 11 is -0.452. The van der Waals surface area contributed by atoms with Crippen LogP contribution in [0, 0.1) is 10.1 Å². The molecule has 1 atom stereocenters. The van der Waals surface area contributed by atoms with Crippen LogP contribution in [0.4, 0.5) is 18.9 Å². The minimum Gasteiger partial charge on any atom is -0.604 e. The van der Waals surface area contributed by atoms with Crippen LogP contribution in [0.3, 0.4) is 0 Å². The number of nitrogens with zero attached hydrogens (tertiary/aromatic N) is 1. The molecule has 88 valence electrons. The molecule has 0 aromatic heterocycles. The SMILES string of the molecule is O=[N+]([O-])c1cc([S+]([O-])C(F)(F)F)ccc1Br. The molecule has 9 heteroatoms. The molecule has 16 heavy (non-hydrogen) atoms. The van der Waals surface area contributed by atoms with Gasteiger partial charge in [0.2, 0.25) is 0 Å². The first kappa shape index (κ1) is 13.3. The maximum absolute atomic E-state index is 12.1. The van der Waals surface area contributed by atoms with Gasteiger partial charge in [-0.05, 0) is 28.1 Å². The Labute approximate surface area is 98.9 Å². The highest BCUT2D eigenvalue weighted by Gasteiger charge is 2.46. The van der Waals surface area contributed by atoms with Gasteiger partial charge in [0.1, 0.15) is 0 Å². The van der Waals surface area contributed by atoms with Crippen molar-refractivity contribution < 1.29 is 22.6 Å². The molecule has 0 saturated heterocycles. The van der Waals surface area contributed by atoms with E-state index in [9.17, 15) is 27.8 Å². The van der Waals surface area contributed by atoms with Crippen LogP contribution < -0.4 is 0 Å². The lowest BCUT2D eigenvalue weighted by Crippen LogP contribution is -2.23. The molecular formula is C7H3BrF3NO3S. The Kier molecular flexibility index (Phi) is 3.81. The number of rotatable bonds is 2. The van der Waals surface area contributed by atoms with Crippen LogP contribution >= 0.6 is 15.9 Å². The number of hydrogen-bond acceptors (Lipinski definition) is 3. The topological polar surface area (TPSA) is 66.2 Å². The molecule has 0 N–H and O–H groups in total. The van der Waals surface area contributed by atoms with Crippen LogP contribution in [-0.4, -0.2) is 15.0 Å². The zero-order valence-corrected chi connectivity index (χ0v) is 9.73. The van der Waals surface area contributed by atoms with Crippen LogP contribution in [0.1, 0.15) is 0 Å². The summed E-state index contributed by atoms with van der Waals surface area (Å²) in [7, 11) is 0. The molecule has 1 unspecified atom stereocenters. The smallest absolute Gasteiger partial charge is 0.578 e. The molecule has 0 amide bonds. The summed E-state index contributed by atoms with van der Waals surface area (Å²) in [4.78, 5) is 8.93. The lowest BCUT2D eigenvalue weighted by molar-refractivity contribution is -0.385. The molecule has 0 saturated carbocycles. The quantitative estimate of drug-likeness (QED) is 0.478. The van der Waals surface area contributed by atoms with Gasteiger partial charge < -0.3 is 4.55 Å². The Hall–Kier alpha value is -0.800. The van der Waals surface area contributed by atoms with Crippen molar-refractivity contribution in [3.05, 3.63) is 32.8 Å². The third kappa shape index (κ3) is 2.86. The molecule has 0 aliphatic rings. The standard InChI is InChI=1S/C7H3BrF3NO3S/c8-5-2-1-4(3-6(5)12(13)14)16(15)7(9,10)11/h1-3H. The molecule has 0 heterocycles. The number of hydrogen-bond donors (Lipinski definition) is 0. The van der Waals surface area contributed by atoms with Gasteiger partial charge >= 0.3 is 5.51 Å². The highest BCUT2D eigenvalue weighted by Crippen LogP contribution is 2.34. The summed E-state index contributed by atoms with van der Waals surface area (Å²) in [6.07, 6.45) is 0. The van der Waals surface area contributed by atoms with E-state index < -0.39 is 32.2 Å². The molecule has 0 spiro atoms. The first-order valence-electron chi connectivity index (χ1n) is 3.66. The number of halogens is 4. The van der Waals surface area contributed by atoms with Gasteiger partial charge in [0.15, 0.2) is 4.90 Å². The maximum Gasteiger partial charge on any atom is 0.578 e. The Morgan fingerprint density at radius 3 is 2.38 bits per heavy atom. The Balaban J connectivity index is 3.18. The van der Waals surface area contributed by atoms with E-state index in [1.807, 2.05) is 0 Å². The molecule has 1 aromatic rings. The first-order chi connectivity index (χ1) is 7.23. The summed E-state index contributed by atoms with van der Waals surface area (Å²) in [5.74, 6) is 0. The second-order valence-electron chi connectivity index (χ2n) is 2.58. The van der Waals surface area contributed by atoms with Crippen molar-refractivity contribution in [2.24, 2.45) is 0 Å². The number of nitro groups is 1. The lowest BCUT2D eigenvalue weighted by atomic mass is 10.3. The number of benzene rings is 1. The molecule has 0 aliphatic heterocycles. The predicted octanol–water partition coefficient (Wildman–Crippen LogP) is 2.98. The average Bonchev–Trinajstić information content (AvgIpc) is 2.15. The highest BCUT2D eigenvalue weighted by molar-refractivity contribution is 9.10. The van der Waals surface area contributed by atoms with E-state index in [0.717, 1.165) is 12.1 Å². The minimum absolute atomic E-state index is 0.0282. The van der Waals surface area contributed by atoms with E-state index in [0.29, 0.717) is 6.07 Å². The number of alkyl halides is 3. The summed E-state index contributed by atoms with van der Waals surface area (Å²) in [6, 6.07) is 2.60. The van der Waals surface area contributed by atoms with Gasteiger partial charge in [0.05, 0.1) is 26.6 Å². The van der Waals surface area contributed by atoms with E-state index in [4.69, 9.17) is 0 Å². The summed E-state index contributed by atoms with van der Waals surface area (Å²) in [5, 5.41) is 10.4. The number of nitro benzene ring substituents is 1. The fourth-order valence-corrected chi connectivity index (χ4v) is 1.95. The van der Waals surface area contributed by atoms with Crippen molar-refractivity contribution in [3.8, 4) is 0 Å². The summed E-state index contributed by atoms with van der Waals surface area (Å²) < 4.78 is 47.2. The van der Waals surface area contributed by atoms with Gasteiger partial charge in [-0.1, -0.05) is 0 Å². The fraction of sp³-hybridized carbons (Fsp3) is 0.143. The maximum atomic E-state index is 12.1. The predicted molar refractivity (Wildman–Crippen MR) is 53.3 cm³/mol.